The molecule has 0 bridgehead atoms. The Bertz CT molecular complexity index is 770. The lowest BCUT2D eigenvalue weighted by atomic mass is 10.0. The minimum absolute atomic E-state index is 0.124. The lowest BCUT2D eigenvalue weighted by molar-refractivity contribution is -0.0424. The van der Waals surface area contributed by atoms with Gasteiger partial charge in [0.1, 0.15) is 5.82 Å². The van der Waals surface area contributed by atoms with Gasteiger partial charge in [-0.1, -0.05) is 24.3 Å². The molecule has 2 unspecified atom stereocenters. The number of halogens is 1. The van der Waals surface area contributed by atoms with Gasteiger partial charge in [-0.05, 0) is 41.8 Å². The van der Waals surface area contributed by atoms with E-state index in [9.17, 15) is 9.50 Å². The minimum atomic E-state index is -0.624. The van der Waals surface area contributed by atoms with Crippen molar-refractivity contribution in [1.29, 1.82) is 5.26 Å². The summed E-state index contributed by atoms with van der Waals surface area (Å²) in [7, 11) is 0. The number of ether oxygens (including phenoxy) is 1. The molecule has 2 atom stereocenters. The van der Waals surface area contributed by atoms with Crippen LogP contribution in [0.3, 0.4) is 0 Å². The third-order valence-corrected chi connectivity index (χ3v) is 4.56. The second kappa shape index (κ2) is 7.75. The first kappa shape index (κ1) is 17.6. The number of morpholine rings is 1. The SMILES string of the molecule is Cc1cc(C2CN(CC(O)c3ccc(C#N)cc3)CCO2)ccc1F. The van der Waals surface area contributed by atoms with Crippen LogP contribution in [0, 0.1) is 24.1 Å². The number of hydrogen-bond acceptors (Lipinski definition) is 4. The molecule has 0 saturated carbocycles. The monoisotopic (exact) mass is 340 g/mol. The van der Waals surface area contributed by atoms with Gasteiger partial charge in [0.25, 0.3) is 0 Å². The smallest absolute Gasteiger partial charge is 0.126 e. The number of nitrogens with zero attached hydrogens (tertiary/aromatic N) is 2. The van der Waals surface area contributed by atoms with Crippen LogP contribution < -0.4 is 0 Å². The van der Waals surface area contributed by atoms with E-state index < -0.39 is 6.10 Å². The topological polar surface area (TPSA) is 56.5 Å². The summed E-state index contributed by atoms with van der Waals surface area (Å²) in [6, 6.07) is 14.1. The Hall–Kier alpha value is -2.26. The fourth-order valence-electron chi connectivity index (χ4n) is 3.07. The van der Waals surface area contributed by atoms with Crippen molar-refractivity contribution in [2.75, 3.05) is 26.2 Å². The molecule has 0 aliphatic carbocycles. The number of benzene rings is 2. The highest BCUT2D eigenvalue weighted by Crippen LogP contribution is 2.25. The molecule has 0 radical (unpaired) electrons. The van der Waals surface area contributed by atoms with Gasteiger partial charge < -0.3 is 9.84 Å². The Labute approximate surface area is 147 Å². The van der Waals surface area contributed by atoms with Crippen molar-refractivity contribution in [2.45, 2.75) is 19.1 Å². The number of rotatable bonds is 4. The maximum Gasteiger partial charge on any atom is 0.126 e. The van der Waals surface area contributed by atoms with Crippen LogP contribution in [0.1, 0.15) is 34.5 Å². The van der Waals surface area contributed by atoms with E-state index in [4.69, 9.17) is 10.00 Å². The summed E-state index contributed by atoms with van der Waals surface area (Å²) in [5.74, 6) is -0.215. The first-order chi connectivity index (χ1) is 12.1. The minimum Gasteiger partial charge on any atom is -0.387 e. The second-order valence-corrected chi connectivity index (χ2v) is 6.38. The molecule has 1 fully saturated rings. The molecule has 0 spiro atoms. The van der Waals surface area contributed by atoms with Crippen LogP contribution in [0.15, 0.2) is 42.5 Å². The quantitative estimate of drug-likeness (QED) is 0.929. The van der Waals surface area contributed by atoms with Crippen molar-refractivity contribution in [3.63, 3.8) is 0 Å². The first-order valence-corrected chi connectivity index (χ1v) is 8.35. The van der Waals surface area contributed by atoms with Gasteiger partial charge in [0, 0.05) is 19.6 Å². The van der Waals surface area contributed by atoms with Crippen LogP contribution in [-0.4, -0.2) is 36.2 Å². The molecule has 1 heterocycles. The standard InChI is InChI=1S/C20H21FN2O2/c1-14-10-17(6-7-18(14)21)20-13-23(8-9-25-20)12-19(24)16-4-2-15(11-22)3-5-16/h2-7,10,19-20,24H,8-9,12-13H2,1H3. The number of aryl methyl sites for hydroxylation is 1. The van der Waals surface area contributed by atoms with E-state index >= 15 is 0 Å². The Morgan fingerprint density at radius 2 is 2.08 bits per heavy atom. The predicted molar refractivity (Wildman–Crippen MR) is 92.4 cm³/mol. The summed E-state index contributed by atoms with van der Waals surface area (Å²) in [6.45, 7) is 4.20. The lowest BCUT2D eigenvalue weighted by Crippen LogP contribution is -2.40. The number of β-amino-alcohol motifs (C(OH)–C–C–N with tert-alkyl or cyclic N) is 1. The van der Waals surface area contributed by atoms with Crippen molar-refractivity contribution < 1.29 is 14.2 Å². The van der Waals surface area contributed by atoms with E-state index in [0.717, 1.165) is 17.7 Å². The summed E-state index contributed by atoms with van der Waals surface area (Å²) in [5, 5.41) is 19.3. The Morgan fingerprint density at radius 3 is 2.76 bits per heavy atom. The zero-order valence-electron chi connectivity index (χ0n) is 14.2. The predicted octanol–water partition coefficient (Wildman–Crippen LogP) is 3.11. The summed E-state index contributed by atoms with van der Waals surface area (Å²) in [5.41, 5.74) is 2.93. The molecule has 1 N–H and O–H groups in total. The lowest BCUT2D eigenvalue weighted by Gasteiger charge is -2.34. The van der Waals surface area contributed by atoms with Gasteiger partial charge in [0.05, 0.1) is 30.4 Å². The highest BCUT2D eigenvalue weighted by Gasteiger charge is 2.24. The molecular formula is C20H21FN2O2. The van der Waals surface area contributed by atoms with Crippen LogP contribution in [0.2, 0.25) is 0 Å². The second-order valence-electron chi connectivity index (χ2n) is 6.38. The molecule has 3 rings (SSSR count). The zero-order chi connectivity index (χ0) is 17.8. The van der Waals surface area contributed by atoms with E-state index in [2.05, 4.69) is 11.0 Å². The zero-order valence-corrected chi connectivity index (χ0v) is 14.2. The summed E-state index contributed by atoms with van der Waals surface area (Å²) >= 11 is 0. The summed E-state index contributed by atoms with van der Waals surface area (Å²) in [4.78, 5) is 2.15. The van der Waals surface area contributed by atoms with E-state index in [-0.39, 0.29) is 11.9 Å². The number of aliphatic hydroxyl groups excluding tert-OH is 1. The van der Waals surface area contributed by atoms with Crippen molar-refractivity contribution in [3.05, 3.63) is 70.5 Å². The van der Waals surface area contributed by atoms with Crippen molar-refractivity contribution in [3.8, 4) is 6.07 Å². The van der Waals surface area contributed by atoms with Gasteiger partial charge in [0.15, 0.2) is 0 Å². The fourth-order valence-corrected chi connectivity index (χ4v) is 3.07. The van der Waals surface area contributed by atoms with E-state index in [1.807, 2.05) is 6.07 Å². The normalized spacial score (nSPS) is 19.4. The fraction of sp³-hybridized carbons (Fsp3) is 0.350. The average molecular weight is 340 g/mol. The van der Waals surface area contributed by atoms with Crippen LogP contribution in [0.5, 0.6) is 0 Å². The highest BCUT2D eigenvalue weighted by molar-refractivity contribution is 5.32. The first-order valence-electron chi connectivity index (χ1n) is 8.35. The number of aliphatic hydroxyl groups is 1. The average Bonchev–Trinajstić information content (AvgIpc) is 2.64. The van der Waals surface area contributed by atoms with Crippen LogP contribution in [-0.2, 0) is 4.74 Å². The summed E-state index contributed by atoms with van der Waals surface area (Å²) in [6.07, 6.45) is -0.748. The van der Waals surface area contributed by atoms with Gasteiger partial charge in [-0.2, -0.15) is 5.26 Å². The van der Waals surface area contributed by atoms with Gasteiger partial charge in [0.2, 0.25) is 0 Å². The van der Waals surface area contributed by atoms with Crippen LogP contribution in [0.4, 0.5) is 4.39 Å². The third-order valence-electron chi connectivity index (χ3n) is 4.56. The Balaban J connectivity index is 1.64. The number of hydrogen-bond donors (Lipinski definition) is 1. The van der Waals surface area contributed by atoms with Crippen molar-refractivity contribution in [2.24, 2.45) is 0 Å². The molecular weight excluding hydrogens is 319 g/mol. The number of nitriles is 1. The molecule has 130 valence electrons. The van der Waals surface area contributed by atoms with Crippen molar-refractivity contribution in [1.82, 2.24) is 4.90 Å². The maximum absolute atomic E-state index is 13.5. The van der Waals surface area contributed by atoms with E-state index in [1.165, 1.54) is 6.07 Å². The third kappa shape index (κ3) is 4.23. The molecule has 2 aromatic carbocycles. The largest absolute Gasteiger partial charge is 0.387 e. The molecule has 0 aromatic heterocycles. The molecule has 1 aliphatic rings. The molecule has 2 aromatic rings. The molecule has 1 saturated heterocycles. The summed E-state index contributed by atoms with van der Waals surface area (Å²) < 4.78 is 19.3. The Kier molecular flexibility index (Phi) is 5.44. The molecule has 0 amide bonds. The maximum atomic E-state index is 13.5. The van der Waals surface area contributed by atoms with Crippen LogP contribution in [0.25, 0.3) is 0 Å². The van der Waals surface area contributed by atoms with Gasteiger partial charge >= 0.3 is 0 Å². The van der Waals surface area contributed by atoms with Gasteiger partial charge in [-0.15, -0.1) is 0 Å². The van der Waals surface area contributed by atoms with E-state index in [1.54, 1.807) is 37.3 Å². The molecule has 5 heteroatoms. The van der Waals surface area contributed by atoms with Crippen molar-refractivity contribution >= 4 is 0 Å². The van der Waals surface area contributed by atoms with Crippen LogP contribution >= 0.6 is 0 Å². The molecule has 4 nitrogen and oxygen atoms in total. The molecule has 25 heavy (non-hydrogen) atoms. The Morgan fingerprint density at radius 1 is 1.32 bits per heavy atom. The molecule has 1 aliphatic heterocycles. The highest BCUT2D eigenvalue weighted by atomic mass is 19.1. The van der Waals surface area contributed by atoms with E-state index in [0.29, 0.717) is 30.8 Å². The van der Waals surface area contributed by atoms with Gasteiger partial charge in [-0.3, -0.25) is 4.90 Å². The van der Waals surface area contributed by atoms with Gasteiger partial charge in [-0.25, -0.2) is 4.39 Å².